The number of halogens is 3. The van der Waals surface area contributed by atoms with Gasteiger partial charge in [0.15, 0.2) is 5.82 Å². The van der Waals surface area contributed by atoms with Gasteiger partial charge in [-0.2, -0.15) is 18.3 Å². The minimum absolute atomic E-state index is 0.00865. The van der Waals surface area contributed by atoms with Crippen molar-refractivity contribution in [2.45, 2.75) is 31.5 Å². The third-order valence-corrected chi connectivity index (χ3v) is 4.84. The first kappa shape index (κ1) is 15.6. The molecule has 0 radical (unpaired) electrons. The Kier molecular flexibility index (Phi) is 3.79. The number of fused-ring (bicyclic) bond motifs is 1. The lowest BCUT2D eigenvalue weighted by molar-refractivity contribution is -0.143. The Hall–Kier alpha value is -1.96. The van der Waals surface area contributed by atoms with Crippen LogP contribution in [0.15, 0.2) is 24.5 Å². The molecule has 2 aliphatic rings. The van der Waals surface area contributed by atoms with E-state index < -0.39 is 12.7 Å². The maximum Gasteiger partial charge on any atom is 0.408 e. The van der Waals surface area contributed by atoms with Crippen LogP contribution in [-0.2, 0) is 11.3 Å². The second kappa shape index (κ2) is 5.84. The van der Waals surface area contributed by atoms with Crippen molar-refractivity contribution in [3.63, 3.8) is 0 Å². The lowest BCUT2D eigenvalue weighted by Gasteiger charge is -2.13. The molecule has 2 aromatic heterocycles. The average Bonchev–Trinajstić information content (AvgIpc) is 3.20. The first-order valence-electron chi connectivity index (χ1n) is 7.99. The van der Waals surface area contributed by atoms with E-state index in [-0.39, 0.29) is 5.92 Å². The second-order valence-corrected chi connectivity index (χ2v) is 6.53. The van der Waals surface area contributed by atoms with Crippen molar-refractivity contribution in [2.24, 2.45) is 11.8 Å². The number of pyridine rings is 1. The number of aromatic nitrogens is 4. The van der Waals surface area contributed by atoms with Gasteiger partial charge >= 0.3 is 6.18 Å². The van der Waals surface area contributed by atoms with Crippen LogP contribution in [0.2, 0.25) is 0 Å². The van der Waals surface area contributed by atoms with E-state index in [1.807, 2.05) is 0 Å². The molecule has 0 spiro atoms. The molecule has 5 nitrogen and oxygen atoms in total. The molecule has 1 saturated heterocycles. The van der Waals surface area contributed by atoms with Crippen LogP contribution in [0.25, 0.3) is 11.4 Å². The second-order valence-electron chi connectivity index (χ2n) is 6.53. The summed E-state index contributed by atoms with van der Waals surface area (Å²) in [6, 6.07) is 3.41. The SMILES string of the molecule is FC(F)(F)Cn1nc(-c2ccncc2)nc1C1C[C@@H]2COC[C@H]2C1. The number of alkyl halides is 3. The van der Waals surface area contributed by atoms with E-state index in [2.05, 4.69) is 15.1 Å². The van der Waals surface area contributed by atoms with Crippen LogP contribution in [0.3, 0.4) is 0 Å². The Morgan fingerprint density at radius 1 is 1.12 bits per heavy atom. The number of ether oxygens (including phenoxy) is 1. The van der Waals surface area contributed by atoms with Crippen LogP contribution in [0, 0.1) is 11.8 Å². The topological polar surface area (TPSA) is 52.8 Å². The van der Waals surface area contributed by atoms with E-state index in [0.29, 0.717) is 42.3 Å². The van der Waals surface area contributed by atoms with Gasteiger partial charge in [-0.15, -0.1) is 0 Å². The maximum absolute atomic E-state index is 12.9. The quantitative estimate of drug-likeness (QED) is 0.863. The van der Waals surface area contributed by atoms with E-state index in [9.17, 15) is 13.2 Å². The van der Waals surface area contributed by atoms with Gasteiger partial charge < -0.3 is 4.74 Å². The first-order valence-corrected chi connectivity index (χ1v) is 7.99. The standard InChI is InChI=1S/C16H17F3N4O/c17-16(18,19)9-23-15(11-5-12-7-24-8-13(12)6-11)21-14(22-23)10-1-3-20-4-2-10/h1-4,11-13H,5-9H2/t12-,13-/m1/s1. The van der Waals surface area contributed by atoms with Crippen molar-refractivity contribution >= 4 is 0 Å². The van der Waals surface area contributed by atoms with Crippen LogP contribution in [-0.4, -0.2) is 39.1 Å². The smallest absolute Gasteiger partial charge is 0.381 e. The third-order valence-electron chi connectivity index (χ3n) is 4.84. The van der Waals surface area contributed by atoms with Crippen LogP contribution in [0.5, 0.6) is 0 Å². The summed E-state index contributed by atoms with van der Waals surface area (Å²) in [5.41, 5.74) is 0.675. The van der Waals surface area contributed by atoms with Gasteiger partial charge in [0.2, 0.25) is 0 Å². The molecule has 2 atom stereocenters. The zero-order valence-electron chi connectivity index (χ0n) is 12.9. The Balaban J connectivity index is 1.67. The van der Waals surface area contributed by atoms with E-state index in [1.165, 1.54) is 0 Å². The number of rotatable bonds is 3. The maximum atomic E-state index is 12.9. The highest BCUT2D eigenvalue weighted by molar-refractivity contribution is 5.53. The first-order chi connectivity index (χ1) is 11.5. The van der Waals surface area contributed by atoms with Crippen LogP contribution >= 0.6 is 0 Å². The molecule has 0 amide bonds. The summed E-state index contributed by atoms with van der Waals surface area (Å²) in [6.07, 6.45) is 0.469. The lowest BCUT2D eigenvalue weighted by Crippen LogP contribution is -2.21. The Labute approximate surface area is 136 Å². The molecule has 4 rings (SSSR count). The summed E-state index contributed by atoms with van der Waals surface area (Å²) >= 11 is 0. The molecule has 24 heavy (non-hydrogen) atoms. The van der Waals surface area contributed by atoms with Gasteiger partial charge in [-0.05, 0) is 36.8 Å². The predicted octanol–water partition coefficient (Wildman–Crippen LogP) is 3.04. The van der Waals surface area contributed by atoms with Gasteiger partial charge in [0.25, 0.3) is 0 Å². The van der Waals surface area contributed by atoms with Crippen molar-refractivity contribution in [1.29, 1.82) is 0 Å². The fourth-order valence-electron chi connectivity index (χ4n) is 3.77. The molecule has 2 fully saturated rings. The number of nitrogens with zero attached hydrogens (tertiary/aromatic N) is 4. The molecule has 0 bridgehead atoms. The van der Waals surface area contributed by atoms with Crippen molar-refractivity contribution in [1.82, 2.24) is 19.7 Å². The Morgan fingerprint density at radius 3 is 2.42 bits per heavy atom. The molecule has 1 aliphatic carbocycles. The van der Waals surface area contributed by atoms with E-state index in [4.69, 9.17) is 4.74 Å². The molecule has 2 aromatic rings. The monoisotopic (exact) mass is 338 g/mol. The van der Waals surface area contributed by atoms with Crippen LogP contribution in [0.4, 0.5) is 13.2 Å². The normalized spacial score (nSPS) is 24.5. The zero-order chi connectivity index (χ0) is 16.7. The summed E-state index contributed by atoms with van der Waals surface area (Å²) in [5, 5.41) is 4.13. The van der Waals surface area contributed by atoms with E-state index in [1.54, 1.807) is 24.5 Å². The van der Waals surface area contributed by atoms with Gasteiger partial charge in [-0.25, -0.2) is 9.67 Å². The fourth-order valence-corrected chi connectivity index (χ4v) is 3.77. The summed E-state index contributed by atoms with van der Waals surface area (Å²) in [6.45, 7) is 0.292. The number of hydrogen-bond donors (Lipinski definition) is 0. The minimum Gasteiger partial charge on any atom is -0.381 e. The van der Waals surface area contributed by atoms with E-state index in [0.717, 1.165) is 17.5 Å². The Bertz CT molecular complexity index is 704. The molecule has 1 aliphatic heterocycles. The largest absolute Gasteiger partial charge is 0.408 e. The highest BCUT2D eigenvalue weighted by Gasteiger charge is 2.42. The van der Waals surface area contributed by atoms with Crippen molar-refractivity contribution in [3.05, 3.63) is 30.4 Å². The molecule has 0 unspecified atom stereocenters. The molecule has 128 valence electrons. The van der Waals surface area contributed by atoms with E-state index >= 15 is 0 Å². The lowest BCUT2D eigenvalue weighted by atomic mass is 10.0. The van der Waals surface area contributed by atoms with Crippen molar-refractivity contribution < 1.29 is 17.9 Å². The highest BCUT2D eigenvalue weighted by atomic mass is 19.4. The molecule has 0 aromatic carbocycles. The summed E-state index contributed by atoms with van der Waals surface area (Å²) < 4.78 is 45.3. The Morgan fingerprint density at radius 2 is 1.79 bits per heavy atom. The fraction of sp³-hybridized carbons (Fsp3) is 0.562. The van der Waals surface area contributed by atoms with Gasteiger partial charge in [0, 0.05) is 37.1 Å². The van der Waals surface area contributed by atoms with Crippen molar-refractivity contribution in [2.75, 3.05) is 13.2 Å². The summed E-state index contributed by atoms with van der Waals surface area (Å²) in [4.78, 5) is 8.38. The average molecular weight is 338 g/mol. The van der Waals surface area contributed by atoms with Gasteiger partial charge in [-0.3, -0.25) is 4.98 Å². The third kappa shape index (κ3) is 3.02. The van der Waals surface area contributed by atoms with Gasteiger partial charge in [0.05, 0.1) is 0 Å². The molecule has 1 saturated carbocycles. The number of hydrogen-bond acceptors (Lipinski definition) is 4. The van der Waals surface area contributed by atoms with Gasteiger partial charge in [0.1, 0.15) is 12.4 Å². The van der Waals surface area contributed by atoms with Crippen LogP contribution in [0.1, 0.15) is 24.6 Å². The predicted molar refractivity (Wildman–Crippen MR) is 79.1 cm³/mol. The minimum atomic E-state index is -4.32. The summed E-state index contributed by atoms with van der Waals surface area (Å²) in [7, 11) is 0. The molecule has 8 heteroatoms. The van der Waals surface area contributed by atoms with Crippen molar-refractivity contribution in [3.8, 4) is 11.4 Å². The molecule has 0 N–H and O–H groups in total. The zero-order valence-corrected chi connectivity index (χ0v) is 12.9. The summed E-state index contributed by atoms with van der Waals surface area (Å²) in [5.74, 6) is 1.62. The highest BCUT2D eigenvalue weighted by Crippen LogP contribution is 2.45. The molecular formula is C16H17F3N4O. The molecular weight excluding hydrogens is 321 g/mol. The molecule has 3 heterocycles. The van der Waals surface area contributed by atoms with Crippen LogP contribution < -0.4 is 0 Å². The van der Waals surface area contributed by atoms with Gasteiger partial charge in [-0.1, -0.05) is 0 Å².